The Kier molecular flexibility index (Phi) is 6.24. The van der Waals surface area contributed by atoms with Crippen LogP contribution in [0.2, 0.25) is 0 Å². The number of aliphatic hydroxyl groups is 1. The molecule has 1 aliphatic rings. The predicted molar refractivity (Wildman–Crippen MR) is 94.4 cm³/mol. The number of aliphatic hydroxyl groups excluding tert-OH is 1. The van der Waals surface area contributed by atoms with E-state index < -0.39 is 6.10 Å². The molecule has 4 heteroatoms. The van der Waals surface area contributed by atoms with Gasteiger partial charge in [-0.2, -0.15) is 0 Å². The van der Waals surface area contributed by atoms with Crippen LogP contribution in [0.5, 0.6) is 5.75 Å². The van der Waals surface area contributed by atoms with Crippen LogP contribution in [0.3, 0.4) is 0 Å². The molecular formula is C20H28N2O2+2. The Morgan fingerprint density at radius 1 is 0.833 bits per heavy atom. The number of benzene rings is 2. The molecule has 0 saturated carbocycles. The van der Waals surface area contributed by atoms with Gasteiger partial charge in [0.25, 0.3) is 0 Å². The van der Waals surface area contributed by atoms with Crippen molar-refractivity contribution in [3.05, 3.63) is 66.2 Å². The second kappa shape index (κ2) is 8.83. The van der Waals surface area contributed by atoms with Crippen molar-refractivity contribution in [3.63, 3.8) is 0 Å². The second-order valence-corrected chi connectivity index (χ2v) is 6.64. The maximum absolute atomic E-state index is 10.2. The Morgan fingerprint density at radius 2 is 1.42 bits per heavy atom. The van der Waals surface area contributed by atoms with Gasteiger partial charge in [0.1, 0.15) is 57.7 Å². The largest absolute Gasteiger partial charge is 0.491 e. The van der Waals surface area contributed by atoms with Crippen molar-refractivity contribution >= 4 is 0 Å². The first-order valence-corrected chi connectivity index (χ1v) is 8.86. The van der Waals surface area contributed by atoms with Crippen molar-refractivity contribution in [1.29, 1.82) is 0 Å². The molecule has 0 radical (unpaired) electrons. The van der Waals surface area contributed by atoms with Crippen LogP contribution >= 0.6 is 0 Å². The third kappa shape index (κ3) is 5.34. The van der Waals surface area contributed by atoms with Gasteiger partial charge in [-0.1, -0.05) is 48.5 Å². The van der Waals surface area contributed by atoms with Gasteiger partial charge in [-0.3, -0.25) is 0 Å². The molecule has 24 heavy (non-hydrogen) atoms. The maximum Gasteiger partial charge on any atom is 0.137 e. The average Bonchev–Trinajstić information content (AvgIpc) is 2.63. The number of para-hydroxylation sites is 1. The number of nitrogens with one attached hydrogen (secondary N) is 2. The van der Waals surface area contributed by atoms with Gasteiger partial charge >= 0.3 is 0 Å². The summed E-state index contributed by atoms with van der Waals surface area (Å²) in [7, 11) is 0. The zero-order chi connectivity index (χ0) is 16.6. The second-order valence-electron chi connectivity index (χ2n) is 6.64. The fourth-order valence-corrected chi connectivity index (χ4v) is 3.32. The molecule has 0 bridgehead atoms. The van der Waals surface area contributed by atoms with E-state index in [0.717, 1.165) is 45.0 Å². The molecule has 1 saturated heterocycles. The zero-order valence-electron chi connectivity index (χ0n) is 14.2. The number of hydrogen-bond acceptors (Lipinski definition) is 2. The van der Waals surface area contributed by atoms with E-state index in [9.17, 15) is 5.11 Å². The molecule has 0 spiro atoms. The minimum absolute atomic E-state index is 0.369. The highest BCUT2D eigenvalue weighted by atomic mass is 16.5. The SMILES string of the molecule is O[C@@H](COc1ccccc1)C[NH+]1CC[NH+](Cc2ccccc2)CC1. The topological polar surface area (TPSA) is 38.3 Å². The van der Waals surface area contributed by atoms with Crippen molar-refractivity contribution in [3.8, 4) is 5.75 Å². The Bertz CT molecular complexity index is 583. The molecule has 0 aromatic heterocycles. The van der Waals surface area contributed by atoms with Crippen molar-refractivity contribution < 1.29 is 19.6 Å². The number of hydrogen-bond donors (Lipinski definition) is 3. The molecule has 1 fully saturated rings. The summed E-state index contributed by atoms with van der Waals surface area (Å²) >= 11 is 0. The maximum atomic E-state index is 10.2. The lowest BCUT2D eigenvalue weighted by Crippen LogP contribution is -3.28. The van der Waals surface area contributed by atoms with Gasteiger partial charge in [0.15, 0.2) is 0 Å². The fraction of sp³-hybridized carbons (Fsp3) is 0.400. The molecule has 3 N–H and O–H groups in total. The number of ether oxygens (including phenoxy) is 1. The Balaban J connectivity index is 1.36. The molecule has 128 valence electrons. The Hall–Kier alpha value is -1.88. The molecule has 0 amide bonds. The molecule has 2 aromatic rings. The Morgan fingerprint density at radius 3 is 2.08 bits per heavy atom. The highest BCUT2D eigenvalue weighted by Crippen LogP contribution is 2.08. The van der Waals surface area contributed by atoms with Gasteiger partial charge in [0.2, 0.25) is 0 Å². The quantitative estimate of drug-likeness (QED) is 0.636. The fourth-order valence-electron chi connectivity index (χ4n) is 3.32. The van der Waals surface area contributed by atoms with Gasteiger partial charge in [0.05, 0.1) is 0 Å². The van der Waals surface area contributed by atoms with Crippen LogP contribution in [-0.4, -0.2) is 50.5 Å². The molecule has 3 rings (SSSR count). The average molecular weight is 328 g/mol. The van der Waals surface area contributed by atoms with Crippen LogP contribution in [0.4, 0.5) is 0 Å². The van der Waals surface area contributed by atoms with E-state index in [1.165, 1.54) is 10.5 Å². The summed E-state index contributed by atoms with van der Waals surface area (Å²) in [5, 5.41) is 10.2. The van der Waals surface area contributed by atoms with Gasteiger partial charge < -0.3 is 19.6 Å². The van der Waals surface area contributed by atoms with Crippen molar-refractivity contribution in [2.45, 2.75) is 12.6 Å². The first-order valence-electron chi connectivity index (χ1n) is 8.86. The highest BCUT2D eigenvalue weighted by Gasteiger charge is 2.25. The van der Waals surface area contributed by atoms with Crippen LogP contribution in [0.1, 0.15) is 5.56 Å². The molecule has 2 aromatic carbocycles. The van der Waals surface area contributed by atoms with Crippen LogP contribution in [-0.2, 0) is 6.54 Å². The minimum atomic E-state index is -0.407. The molecule has 0 unspecified atom stereocenters. The van der Waals surface area contributed by atoms with Gasteiger partial charge in [0, 0.05) is 5.56 Å². The van der Waals surface area contributed by atoms with E-state index in [4.69, 9.17) is 4.74 Å². The standard InChI is InChI=1S/C20H26N2O2/c23-19(17-24-20-9-5-2-6-10-20)16-22-13-11-21(12-14-22)15-18-7-3-1-4-8-18/h1-10,19,23H,11-17H2/p+2/t19-/m1/s1. The van der Waals surface area contributed by atoms with Crippen LogP contribution in [0, 0.1) is 0 Å². The number of quaternary nitrogens is 2. The van der Waals surface area contributed by atoms with E-state index in [-0.39, 0.29) is 0 Å². The van der Waals surface area contributed by atoms with E-state index in [2.05, 4.69) is 30.3 Å². The summed E-state index contributed by atoms with van der Waals surface area (Å²) in [4.78, 5) is 3.12. The highest BCUT2D eigenvalue weighted by molar-refractivity contribution is 5.20. The lowest BCUT2D eigenvalue weighted by atomic mass is 10.2. The molecule has 1 aliphatic heterocycles. The molecule has 1 heterocycles. The lowest BCUT2D eigenvalue weighted by Gasteiger charge is -2.30. The minimum Gasteiger partial charge on any atom is -0.491 e. The third-order valence-corrected chi connectivity index (χ3v) is 4.67. The normalized spacial score (nSPS) is 22.0. The predicted octanol–water partition coefficient (Wildman–Crippen LogP) is -0.590. The van der Waals surface area contributed by atoms with Crippen molar-refractivity contribution in [1.82, 2.24) is 0 Å². The van der Waals surface area contributed by atoms with Crippen LogP contribution in [0.25, 0.3) is 0 Å². The third-order valence-electron chi connectivity index (χ3n) is 4.67. The van der Waals surface area contributed by atoms with Crippen molar-refractivity contribution in [2.75, 3.05) is 39.3 Å². The summed E-state index contributed by atoms with van der Waals surface area (Å²) in [6.07, 6.45) is -0.407. The molecular weight excluding hydrogens is 300 g/mol. The summed E-state index contributed by atoms with van der Waals surface area (Å²) < 4.78 is 5.64. The monoisotopic (exact) mass is 328 g/mol. The number of piperazine rings is 1. The van der Waals surface area contributed by atoms with E-state index in [1.54, 1.807) is 4.90 Å². The van der Waals surface area contributed by atoms with Gasteiger partial charge in [-0.05, 0) is 12.1 Å². The van der Waals surface area contributed by atoms with Crippen LogP contribution in [0.15, 0.2) is 60.7 Å². The van der Waals surface area contributed by atoms with E-state index in [1.807, 2.05) is 30.3 Å². The molecule has 0 aliphatic carbocycles. The summed E-state index contributed by atoms with van der Waals surface area (Å²) in [6, 6.07) is 20.4. The van der Waals surface area contributed by atoms with Gasteiger partial charge in [-0.25, -0.2) is 0 Å². The van der Waals surface area contributed by atoms with Gasteiger partial charge in [-0.15, -0.1) is 0 Å². The smallest absolute Gasteiger partial charge is 0.137 e. The first-order chi connectivity index (χ1) is 11.8. The first kappa shape index (κ1) is 17.0. The van der Waals surface area contributed by atoms with Crippen molar-refractivity contribution in [2.24, 2.45) is 0 Å². The Labute approximate surface area is 144 Å². The van der Waals surface area contributed by atoms with E-state index in [0.29, 0.717) is 6.61 Å². The van der Waals surface area contributed by atoms with Crippen LogP contribution < -0.4 is 14.5 Å². The number of rotatable bonds is 7. The summed E-state index contributed by atoms with van der Waals surface area (Å²) in [5.74, 6) is 0.823. The summed E-state index contributed by atoms with van der Waals surface area (Å²) in [6.45, 7) is 6.80. The molecule has 4 nitrogen and oxygen atoms in total. The lowest BCUT2D eigenvalue weighted by molar-refractivity contribution is -1.02. The molecule has 1 atom stereocenters. The zero-order valence-corrected chi connectivity index (χ0v) is 14.2. The van der Waals surface area contributed by atoms with E-state index >= 15 is 0 Å². The summed E-state index contributed by atoms with van der Waals surface area (Å²) in [5.41, 5.74) is 1.41.